The van der Waals surface area contributed by atoms with Crippen molar-refractivity contribution in [1.82, 2.24) is 0 Å². The highest BCUT2D eigenvalue weighted by Gasteiger charge is 2.49. The summed E-state index contributed by atoms with van der Waals surface area (Å²) in [6, 6.07) is 0.858. The van der Waals surface area contributed by atoms with Crippen LogP contribution in [0.2, 0.25) is 0 Å². The molecule has 0 saturated carbocycles. The average molecular weight is 403 g/mol. The second kappa shape index (κ2) is 6.15. The summed E-state index contributed by atoms with van der Waals surface area (Å²) < 4.78 is 32.3. The molecule has 1 aromatic rings. The molecule has 0 heterocycles. The molecule has 0 amide bonds. The summed E-state index contributed by atoms with van der Waals surface area (Å²) in [5.41, 5.74) is 5.14. The molecule has 0 saturated heterocycles. The number of carbonyl (C=O) groups excluding carboxylic acids is 1. The summed E-state index contributed by atoms with van der Waals surface area (Å²) in [6.45, 7) is 1.22. The zero-order valence-electron chi connectivity index (χ0n) is 9.79. The van der Waals surface area contributed by atoms with Crippen LogP contribution in [-0.4, -0.2) is 23.6 Å². The minimum Gasteiger partial charge on any atom is -0.506 e. The first-order valence-electron chi connectivity index (χ1n) is 5.20. The summed E-state index contributed by atoms with van der Waals surface area (Å²) >= 11 is 6.01. The van der Waals surface area contributed by atoms with Crippen LogP contribution in [0.15, 0.2) is 21.1 Å². The molecule has 19 heavy (non-hydrogen) atoms. The number of phenols is 1. The van der Waals surface area contributed by atoms with Crippen LogP contribution in [0.5, 0.6) is 5.75 Å². The van der Waals surface area contributed by atoms with Gasteiger partial charge in [-0.15, -0.1) is 0 Å². The molecule has 106 valence electrons. The van der Waals surface area contributed by atoms with Gasteiger partial charge in [-0.1, -0.05) is 15.9 Å². The van der Waals surface area contributed by atoms with E-state index in [1.165, 1.54) is 19.1 Å². The molecule has 0 aliphatic carbocycles. The zero-order valence-corrected chi connectivity index (χ0v) is 13.0. The predicted molar refractivity (Wildman–Crippen MR) is 72.0 cm³/mol. The third-order valence-corrected chi connectivity index (χ3v) is 3.70. The van der Waals surface area contributed by atoms with Crippen LogP contribution in [0.25, 0.3) is 0 Å². The van der Waals surface area contributed by atoms with E-state index < -0.39 is 23.7 Å². The van der Waals surface area contributed by atoms with Crippen molar-refractivity contribution < 1.29 is 23.4 Å². The van der Waals surface area contributed by atoms with Crippen LogP contribution >= 0.6 is 31.9 Å². The molecule has 4 nitrogen and oxygen atoms in total. The Balaban J connectivity index is 3.23. The maximum Gasteiger partial charge on any atom is 0.379 e. The highest BCUT2D eigenvalue weighted by Crippen LogP contribution is 2.42. The maximum absolute atomic E-state index is 13.8. The van der Waals surface area contributed by atoms with Crippen molar-refractivity contribution in [2.24, 2.45) is 5.73 Å². The van der Waals surface area contributed by atoms with Crippen LogP contribution in [0.3, 0.4) is 0 Å². The van der Waals surface area contributed by atoms with Gasteiger partial charge in [0.15, 0.2) is 0 Å². The number of benzene rings is 1. The fraction of sp³-hybridized carbons (Fsp3) is 0.364. The highest BCUT2D eigenvalue weighted by molar-refractivity contribution is 9.11. The Bertz CT molecular complexity index is 497. The molecule has 0 spiro atoms. The Hall–Kier alpha value is -0.730. The van der Waals surface area contributed by atoms with Crippen molar-refractivity contribution in [1.29, 1.82) is 0 Å². The molecule has 3 N–H and O–H groups in total. The first kappa shape index (κ1) is 16.3. The maximum atomic E-state index is 13.8. The largest absolute Gasteiger partial charge is 0.506 e. The Morgan fingerprint density at radius 1 is 1.47 bits per heavy atom. The Kier molecular flexibility index (Phi) is 5.28. The molecule has 0 aliphatic rings. The van der Waals surface area contributed by atoms with E-state index in [0.717, 1.165) is 0 Å². The summed E-state index contributed by atoms with van der Waals surface area (Å²) in [4.78, 5) is 11.2. The Labute approximate surface area is 125 Å². The number of rotatable bonds is 4. The number of phenolic OH excluding ortho intramolecular Hbond substituents is 1. The van der Waals surface area contributed by atoms with Gasteiger partial charge >= 0.3 is 11.9 Å². The first-order chi connectivity index (χ1) is 8.73. The lowest BCUT2D eigenvalue weighted by atomic mass is 10.0. The lowest BCUT2D eigenvalue weighted by molar-refractivity contribution is -0.174. The summed E-state index contributed by atoms with van der Waals surface area (Å²) in [7, 11) is 0. The van der Waals surface area contributed by atoms with E-state index >= 15 is 0 Å². The van der Waals surface area contributed by atoms with Gasteiger partial charge in [-0.05, 0) is 35.0 Å². The van der Waals surface area contributed by atoms with Crippen molar-refractivity contribution in [2.75, 3.05) is 6.61 Å². The highest BCUT2D eigenvalue weighted by atomic mass is 79.9. The Morgan fingerprint density at radius 3 is 2.53 bits per heavy atom. The van der Waals surface area contributed by atoms with Crippen LogP contribution in [-0.2, 0) is 9.53 Å². The number of hydrogen-bond acceptors (Lipinski definition) is 4. The number of nitrogens with two attached hydrogens (primary N) is 1. The summed E-state index contributed by atoms with van der Waals surface area (Å²) in [5, 5.41) is 9.78. The molecule has 0 aliphatic heterocycles. The molecule has 0 fully saturated rings. The molecule has 0 unspecified atom stereocenters. The molecule has 8 heteroatoms. The van der Waals surface area contributed by atoms with Crippen LogP contribution in [0, 0.1) is 0 Å². The quantitative estimate of drug-likeness (QED) is 0.759. The molecule has 1 aromatic carbocycles. The van der Waals surface area contributed by atoms with Gasteiger partial charge in [0.1, 0.15) is 11.8 Å². The van der Waals surface area contributed by atoms with Crippen LogP contribution in [0.1, 0.15) is 18.5 Å². The van der Waals surface area contributed by atoms with Crippen LogP contribution < -0.4 is 5.73 Å². The summed E-state index contributed by atoms with van der Waals surface area (Å²) in [5.74, 6) is -6.13. The predicted octanol–water partition coefficient (Wildman–Crippen LogP) is 3.12. The topological polar surface area (TPSA) is 72.5 Å². The fourth-order valence-electron chi connectivity index (χ4n) is 1.39. The fourth-order valence-corrected chi connectivity index (χ4v) is 2.30. The average Bonchev–Trinajstić information content (AvgIpc) is 2.34. The second-order valence-electron chi connectivity index (χ2n) is 3.61. The molecular formula is C11H11Br2F2NO3. The monoisotopic (exact) mass is 401 g/mol. The van der Waals surface area contributed by atoms with Crippen molar-refractivity contribution in [3.05, 3.63) is 26.6 Å². The minimum absolute atomic E-state index is 0.171. The van der Waals surface area contributed by atoms with Crippen molar-refractivity contribution in [2.45, 2.75) is 18.9 Å². The molecule has 0 radical (unpaired) electrons. The van der Waals surface area contributed by atoms with E-state index in [2.05, 4.69) is 36.6 Å². The molecule has 0 bridgehead atoms. The third kappa shape index (κ3) is 3.24. The number of carbonyl (C=O) groups is 1. The third-order valence-electron chi connectivity index (χ3n) is 2.36. The molecular weight excluding hydrogens is 392 g/mol. The van der Waals surface area contributed by atoms with E-state index in [1.807, 2.05) is 0 Å². The minimum atomic E-state index is -3.95. The second-order valence-corrected chi connectivity index (χ2v) is 5.32. The molecule has 1 rings (SSSR count). The zero-order chi connectivity index (χ0) is 14.8. The number of hydrogen-bond donors (Lipinski definition) is 2. The van der Waals surface area contributed by atoms with Gasteiger partial charge in [-0.3, -0.25) is 0 Å². The molecule has 0 aromatic heterocycles. The number of halogens is 4. The van der Waals surface area contributed by atoms with Crippen molar-refractivity contribution in [3.8, 4) is 5.75 Å². The first-order valence-corrected chi connectivity index (χ1v) is 6.79. The van der Waals surface area contributed by atoms with E-state index in [9.17, 15) is 18.7 Å². The number of esters is 1. The van der Waals surface area contributed by atoms with E-state index in [1.54, 1.807) is 0 Å². The van der Waals surface area contributed by atoms with Gasteiger partial charge in [-0.2, -0.15) is 8.78 Å². The lowest BCUT2D eigenvalue weighted by Crippen LogP contribution is -2.42. The summed E-state index contributed by atoms with van der Waals surface area (Å²) in [6.07, 6.45) is 0. The van der Waals surface area contributed by atoms with Crippen molar-refractivity contribution >= 4 is 37.8 Å². The number of aromatic hydroxyl groups is 1. The number of ether oxygens (including phenoxy) is 1. The van der Waals surface area contributed by atoms with Crippen LogP contribution in [0.4, 0.5) is 8.78 Å². The van der Waals surface area contributed by atoms with E-state index in [-0.39, 0.29) is 21.1 Å². The lowest BCUT2D eigenvalue weighted by Gasteiger charge is -2.23. The van der Waals surface area contributed by atoms with Gasteiger partial charge < -0.3 is 15.6 Å². The number of alkyl halides is 2. The van der Waals surface area contributed by atoms with Gasteiger partial charge in [-0.25, -0.2) is 4.79 Å². The Morgan fingerprint density at radius 2 is 2.00 bits per heavy atom. The van der Waals surface area contributed by atoms with Gasteiger partial charge in [0.05, 0.1) is 11.1 Å². The van der Waals surface area contributed by atoms with Crippen molar-refractivity contribution in [3.63, 3.8) is 0 Å². The van der Waals surface area contributed by atoms with Gasteiger partial charge in [0, 0.05) is 10.0 Å². The normalized spacial score (nSPS) is 13.2. The standard InChI is InChI=1S/C11H11Br2F2NO3/c1-2-19-10(18)11(14,15)9(16)7-5(12)3-4-6(13)8(7)17/h3-4,9,17H,2,16H2,1H3/t9-/m0/s1. The molecule has 1 atom stereocenters. The van der Waals surface area contributed by atoms with Gasteiger partial charge in [0.2, 0.25) is 0 Å². The SMILES string of the molecule is CCOC(=O)C(F)(F)[C@@H](N)c1c(Br)ccc(Br)c1O. The van der Waals surface area contributed by atoms with Gasteiger partial charge in [0.25, 0.3) is 0 Å². The van der Waals surface area contributed by atoms with E-state index in [0.29, 0.717) is 0 Å². The smallest absolute Gasteiger partial charge is 0.379 e. The van der Waals surface area contributed by atoms with E-state index in [4.69, 9.17) is 5.73 Å².